The standard InChI is InChI=1S/C16H24N2O2/c1-13-11-17(2)9-6-10-18(13)12-14-7-4-5-8-15(14)16(19)20-3/h4-5,7-8,13H,6,9-12H2,1-3H3. The van der Waals surface area contributed by atoms with E-state index in [1.807, 2.05) is 24.3 Å². The summed E-state index contributed by atoms with van der Waals surface area (Å²) in [6.07, 6.45) is 1.17. The summed E-state index contributed by atoms with van der Waals surface area (Å²) < 4.78 is 4.87. The number of nitrogens with zero attached hydrogens (tertiary/aromatic N) is 2. The van der Waals surface area contributed by atoms with Gasteiger partial charge < -0.3 is 9.64 Å². The molecule has 0 spiro atoms. The number of carbonyl (C=O) groups excluding carboxylic acids is 1. The Bertz CT molecular complexity index is 462. The molecular formula is C16H24N2O2. The summed E-state index contributed by atoms with van der Waals surface area (Å²) in [5, 5.41) is 0. The molecule has 2 rings (SSSR count). The van der Waals surface area contributed by atoms with Crippen LogP contribution < -0.4 is 0 Å². The fourth-order valence-corrected chi connectivity index (χ4v) is 2.84. The molecule has 1 heterocycles. The van der Waals surface area contributed by atoms with Crippen molar-refractivity contribution in [2.75, 3.05) is 33.8 Å². The van der Waals surface area contributed by atoms with E-state index in [0.29, 0.717) is 11.6 Å². The van der Waals surface area contributed by atoms with Crippen LogP contribution in [-0.4, -0.2) is 55.6 Å². The number of benzene rings is 1. The number of ether oxygens (including phenoxy) is 1. The van der Waals surface area contributed by atoms with Crippen LogP contribution in [0, 0.1) is 0 Å². The molecule has 0 aromatic heterocycles. The van der Waals surface area contributed by atoms with Crippen LogP contribution in [0.15, 0.2) is 24.3 Å². The second-order valence-electron chi connectivity index (χ2n) is 5.58. The van der Waals surface area contributed by atoms with Crippen LogP contribution in [-0.2, 0) is 11.3 Å². The van der Waals surface area contributed by atoms with Crippen LogP contribution in [0.25, 0.3) is 0 Å². The van der Waals surface area contributed by atoms with E-state index in [1.54, 1.807) is 0 Å². The lowest BCUT2D eigenvalue weighted by Gasteiger charge is -2.28. The minimum Gasteiger partial charge on any atom is -0.465 e. The Hall–Kier alpha value is -1.39. The molecule has 1 aromatic rings. The van der Waals surface area contributed by atoms with E-state index in [1.165, 1.54) is 13.5 Å². The molecule has 1 atom stereocenters. The Morgan fingerprint density at radius 1 is 1.35 bits per heavy atom. The Morgan fingerprint density at radius 3 is 2.85 bits per heavy atom. The summed E-state index contributed by atoms with van der Waals surface area (Å²) >= 11 is 0. The summed E-state index contributed by atoms with van der Waals surface area (Å²) in [6.45, 7) is 6.34. The van der Waals surface area contributed by atoms with Crippen molar-refractivity contribution in [3.63, 3.8) is 0 Å². The number of likely N-dealkylation sites (N-methyl/N-ethyl adjacent to an activating group) is 1. The minimum atomic E-state index is -0.250. The molecule has 1 unspecified atom stereocenters. The van der Waals surface area contributed by atoms with Gasteiger partial charge in [0.05, 0.1) is 12.7 Å². The molecule has 0 amide bonds. The quantitative estimate of drug-likeness (QED) is 0.791. The van der Waals surface area contributed by atoms with Crippen molar-refractivity contribution in [1.82, 2.24) is 9.80 Å². The van der Waals surface area contributed by atoms with Crippen molar-refractivity contribution in [3.8, 4) is 0 Å². The maximum atomic E-state index is 11.8. The first-order valence-electron chi connectivity index (χ1n) is 7.20. The Labute approximate surface area is 121 Å². The van der Waals surface area contributed by atoms with E-state index >= 15 is 0 Å². The molecule has 0 bridgehead atoms. The molecule has 1 aromatic carbocycles. The minimum absolute atomic E-state index is 0.250. The third-order valence-electron chi connectivity index (χ3n) is 3.98. The van der Waals surface area contributed by atoms with Gasteiger partial charge in [0.25, 0.3) is 0 Å². The molecule has 20 heavy (non-hydrogen) atoms. The summed E-state index contributed by atoms with van der Waals surface area (Å²) in [6, 6.07) is 8.22. The number of hydrogen-bond acceptors (Lipinski definition) is 4. The largest absolute Gasteiger partial charge is 0.465 e. The van der Waals surface area contributed by atoms with Crippen molar-refractivity contribution < 1.29 is 9.53 Å². The number of rotatable bonds is 3. The number of carbonyl (C=O) groups is 1. The van der Waals surface area contributed by atoms with Crippen LogP contribution in [0.3, 0.4) is 0 Å². The Kier molecular flexibility index (Phi) is 5.15. The zero-order valence-corrected chi connectivity index (χ0v) is 12.6. The summed E-state index contributed by atoms with van der Waals surface area (Å²) in [5.74, 6) is -0.250. The van der Waals surface area contributed by atoms with Crippen molar-refractivity contribution in [2.45, 2.75) is 25.9 Å². The lowest BCUT2D eigenvalue weighted by Crippen LogP contribution is -2.37. The third-order valence-corrected chi connectivity index (χ3v) is 3.98. The van der Waals surface area contributed by atoms with Gasteiger partial charge >= 0.3 is 5.97 Å². The molecule has 0 radical (unpaired) electrons. The average Bonchev–Trinajstić information content (AvgIpc) is 2.60. The molecule has 0 aliphatic carbocycles. The monoisotopic (exact) mass is 276 g/mol. The predicted molar refractivity (Wildman–Crippen MR) is 79.8 cm³/mol. The molecule has 110 valence electrons. The molecule has 1 fully saturated rings. The van der Waals surface area contributed by atoms with Gasteiger partial charge in [0.2, 0.25) is 0 Å². The topological polar surface area (TPSA) is 32.8 Å². The van der Waals surface area contributed by atoms with Crippen LogP contribution in [0.5, 0.6) is 0 Å². The molecule has 4 nitrogen and oxygen atoms in total. The van der Waals surface area contributed by atoms with Gasteiger partial charge in [-0.05, 0) is 38.6 Å². The van der Waals surface area contributed by atoms with E-state index in [4.69, 9.17) is 4.74 Å². The highest BCUT2D eigenvalue weighted by Gasteiger charge is 2.21. The first-order valence-corrected chi connectivity index (χ1v) is 7.20. The average molecular weight is 276 g/mol. The number of hydrogen-bond donors (Lipinski definition) is 0. The van der Waals surface area contributed by atoms with Gasteiger partial charge in [-0.1, -0.05) is 18.2 Å². The first kappa shape index (κ1) is 15.0. The summed E-state index contributed by atoms with van der Waals surface area (Å²) in [4.78, 5) is 16.7. The molecule has 4 heteroatoms. The van der Waals surface area contributed by atoms with E-state index in [2.05, 4.69) is 23.8 Å². The van der Waals surface area contributed by atoms with Crippen molar-refractivity contribution in [2.24, 2.45) is 0 Å². The second kappa shape index (κ2) is 6.86. The van der Waals surface area contributed by atoms with Crippen LogP contribution >= 0.6 is 0 Å². The normalized spacial score (nSPS) is 21.4. The van der Waals surface area contributed by atoms with Crippen molar-refractivity contribution in [1.29, 1.82) is 0 Å². The highest BCUT2D eigenvalue weighted by molar-refractivity contribution is 5.90. The SMILES string of the molecule is COC(=O)c1ccccc1CN1CCCN(C)CC1C. The van der Waals surface area contributed by atoms with E-state index in [9.17, 15) is 4.79 Å². The van der Waals surface area contributed by atoms with Gasteiger partial charge in [-0.2, -0.15) is 0 Å². The molecule has 1 saturated heterocycles. The van der Waals surface area contributed by atoms with Gasteiger partial charge in [-0.25, -0.2) is 4.79 Å². The van der Waals surface area contributed by atoms with Crippen molar-refractivity contribution >= 4 is 5.97 Å². The highest BCUT2D eigenvalue weighted by atomic mass is 16.5. The smallest absolute Gasteiger partial charge is 0.338 e. The van der Waals surface area contributed by atoms with Gasteiger partial charge in [0, 0.05) is 25.7 Å². The predicted octanol–water partition coefficient (Wildman–Crippen LogP) is 2.00. The van der Waals surface area contributed by atoms with E-state index in [-0.39, 0.29) is 5.97 Å². The fraction of sp³-hybridized carbons (Fsp3) is 0.562. The van der Waals surface area contributed by atoms with Gasteiger partial charge in [0.1, 0.15) is 0 Å². The summed E-state index contributed by atoms with van der Waals surface area (Å²) in [5.41, 5.74) is 1.73. The third kappa shape index (κ3) is 3.58. The van der Waals surface area contributed by atoms with Gasteiger partial charge in [0.15, 0.2) is 0 Å². The molecule has 1 aliphatic rings. The highest BCUT2D eigenvalue weighted by Crippen LogP contribution is 2.17. The first-order chi connectivity index (χ1) is 9.61. The van der Waals surface area contributed by atoms with Crippen LogP contribution in [0.2, 0.25) is 0 Å². The molecule has 1 aliphatic heterocycles. The number of esters is 1. The zero-order valence-electron chi connectivity index (χ0n) is 12.6. The fourth-order valence-electron chi connectivity index (χ4n) is 2.84. The van der Waals surface area contributed by atoms with Gasteiger partial charge in [-0.3, -0.25) is 4.90 Å². The van der Waals surface area contributed by atoms with Crippen LogP contribution in [0.1, 0.15) is 29.3 Å². The molecule has 0 saturated carbocycles. The lowest BCUT2D eigenvalue weighted by molar-refractivity contribution is 0.0597. The van der Waals surface area contributed by atoms with Crippen molar-refractivity contribution in [3.05, 3.63) is 35.4 Å². The molecule has 0 N–H and O–H groups in total. The lowest BCUT2D eigenvalue weighted by atomic mass is 10.1. The number of methoxy groups -OCH3 is 1. The maximum absolute atomic E-state index is 11.8. The van der Waals surface area contributed by atoms with Crippen LogP contribution in [0.4, 0.5) is 0 Å². The van der Waals surface area contributed by atoms with E-state index < -0.39 is 0 Å². The van der Waals surface area contributed by atoms with E-state index in [0.717, 1.165) is 31.7 Å². The zero-order chi connectivity index (χ0) is 14.5. The summed E-state index contributed by atoms with van der Waals surface area (Å²) in [7, 11) is 3.60. The Balaban J connectivity index is 2.15. The van der Waals surface area contributed by atoms with Gasteiger partial charge in [-0.15, -0.1) is 0 Å². The maximum Gasteiger partial charge on any atom is 0.338 e. The molecular weight excluding hydrogens is 252 g/mol. The Morgan fingerprint density at radius 2 is 2.10 bits per heavy atom. The second-order valence-corrected chi connectivity index (χ2v) is 5.58.